The van der Waals surface area contributed by atoms with Crippen molar-refractivity contribution in [3.05, 3.63) is 71.3 Å². The van der Waals surface area contributed by atoms with Gasteiger partial charge >= 0.3 is 0 Å². The van der Waals surface area contributed by atoms with Crippen molar-refractivity contribution in [3.8, 4) is 0 Å². The van der Waals surface area contributed by atoms with Gasteiger partial charge < -0.3 is 0 Å². The molecule has 4 nitrogen and oxygen atoms in total. The van der Waals surface area contributed by atoms with Gasteiger partial charge in [-0.1, -0.05) is 60.2 Å². The van der Waals surface area contributed by atoms with Crippen LogP contribution in [0.15, 0.2) is 54.6 Å². The molecule has 0 radical (unpaired) electrons. The molecule has 0 unspecified atom stereocenters. The van der Waals surface area contributed by atoms with Gasteiger partial charge in [-0.15, -0.1) is 0 Å². The van der Waals surface area contributed by atoms with Crippen LogP contribution in [0, 0.1) is 12.8 Å². The second-order valence-electron chi connectivity index (χ2n) is 8.25. The summed E-state index contributed by atoms with van der Waals surface area (Å²) in [6.45, 7) is 5.02. The second kappa shape index (κ2) is 7.88. The number of carbonyl (C=O) groups excluding carboxylic acids is 2. The minimum Gasteiger partial charge on any atom is -0.299 e. The van der Waals surface area contributed by atoms with Crippen LogP contribution >= 0.6 is 0 Å². The summed E-state index contributed by atoms with van der Waals surface area (Å²) in [6, 6.07) is 18.8. The predicted octanol–water partition coefficient (Wildman–Crippen LogP) is 3.58. The minimum atomic E-state index is -0.578. The van der Waals surface area contributed by atoms with Crippen molar-refractivity contribution in [1.82, 2.24) is 10.2 Å². The van der Waals surface area contributed by atoms with Crippen LogP contribution in [0.1, 0.15) is 42.4 Å². The lowest BCUT2D eigenvalue weighted by atomic mass is 9.62. The number of hydrogen-bond donors (Lipinski definition) is 1. The van der Waals surface area contributed by atoms with Crippen molar-refractivity contribution in [2.45, 2.75) is 44.6 Å². The third kappa shape index (κ3) is 3.61. The number of hydrogen-bond acceptors (Lipinski definition) is 3. The monoisotopic (exact) mass is 376 g/mol. The summed E-state index contributed by atoms with van der Waals surface area (Å²) in [7, 11) is 0. The molecule has 2 saturated heterocycles. The molecule has 1 N–H and O–H groups in total. The fraction of sp³-hybridized carbons (Fsp3) is 0.417. The third-order valence-electron chi connectivity index (χ3n) is 6.50. The van der Waals surface area contributed by atoms with Crippen LogP contribution < -0.4 is 5.32 Å². The molecule has 2 amide bonds. The van der Waals surface area contributed by atoms with E-state index >= 15 is 0 Å². The van der Waals surface area contributed by atoms with E-state index in [0.29, 0.717) is 12.8 Å². The summed E-state index contributed by atoms with van der Waals surface area (Å²) in [4.78, 5) is 27.4. The van der Waals surface area contributed by atoms with Gasteiger partial charge in [0.25, 0.3) is 0 Å². The fourth-order valence-electron chi connectivity index (χ4n) is 4.90. The number of carbonyl (C=O) groups is 2. The van der Waals surface area contributed by atoms with Gasteiger partial charge in [0.2, 0.25) is 11.8 Å². The van der Waals surface area contributed by atoms with Crippen LogP contribution in [0.4, 0.5) is 0 Å². The number of benzene rings is 2. The Morgan fingerprint density at radius 3 is 2.32 bits per heavy atom. The van der Waals surface area contributed by atoms with E-state index in [1.165, 1.54) is 11.1 Å². The first-order valence-electron chi connectivity index (χ1n) is 10.3. The van der Waals surface area contributed by atoms with Crippen LogP contribution in [-0.2, 0) is 21.5 Å². The average Bonchev–Trinajstić information content (AvgIpc) is 2.72. The minimum absolute atomic E-state index is 0.105. The van der Waals surface area contributed by atoms with Gasteiger partial charge in [-0.25, -0.2) is 0 Å². The van der Waals surface area contributed by atoms with Gasteiger partial charge in [0.15, 0.2) is 0 Å². The first-order chi connectivity index (χ1) is 13.6. The van der Waals surface area contributed by atoms with E-state index in [1.807, 2.05) is 30.3 Å². The lowest BCUT2D eigenvalue weighted by Crippen LogP contribution is -2.57. The number of nitrogens with zero attached hydrogens (tertiary/aromatic N) is 1. The number of nitrogens with one attached hydrogen (secondary N) is 1. The van der Waals surface area contributed by atoms with Crippen molar-refractivity contribution < 1.29 is 9.59 Å². The summed E-state index contributed by atoms with van der Waals surface area (Å²) in [5, 5.41) is 2.63. The number of likely N-dealkylation sites (tertiary alicyclic amines) is 1. The molecule has 4 rings (SSSR count). The molecule has 28 heavy (non-hydrogen) atoms. The normalized spacial score (nSPS) is 24.2. The molecule has 2 fully saturated rings. The highest BCUT2D eigenvalue weighted by Crippen LogP contribution is 2.44. The summed E-state index contributed by atoms with van der Waals surface area (Å²) in [5.41, 5.74) is 3.09. The van der Waals surface area contributed by atoms with Crippen LogP contribution in [0.5, 0.6) is 0 Å². The molecule has 2 heterocycles. The van der Waals surface area contributed by atoms with E-state index < -0.39 is 5.41 Å². The molecule has 0 aromatic heterocycles. The smallest absolute Gasteiger partial charge is 0.237 e. The maximum atomic E-state index is 13.1. The molecule has 146 valence electrons. The lowest BCUT2D eigenvalue weighted by molar-refractivity contribution is -0.140. The highest BCUT2D eigenvalue weighted by molar-refractivity contribution is 6.03. The maximum absolute atomic E-state index is 13.1. The molecule has 2 aromatic rings. The molecule has 0 spiro atoms. The van der Waals surface area contributed by atoms with E-state index in [2.05, 4.69) is 41.4 Å². The number of piperidine rings is 2. The Kier molecular flexibility index (Phi) is 5.31. The summed E-state index contributed by atoms with van der Waals surface area (Å²) >= 11 is 0. The second-order valence-corrected chi connectivity index (χ2v) is 8.25. The van der Waals surface area contributed by atoms with Crippen LogP contribution in [0.3, 0.4) is 0 Å². The Balaban J connectivity index is 1.51. The first kappa shape index (κ1) is 18.9. The van der Waals surface area contributed by atoms with Crippen LogP contribution in [0.2, 0.25) is 0 Å². The standard InChI is InChI=1S/C24H28N2O2/c1-18-7-9-19(10-8-18)17-26-15-12-21(13-16-26)24(20-5-3-2-4-6-20)14-11-22(27)25-23(24)28/h2-10,21H,11-17H2,1H3,(H,25,27,28)/t24-/m0/s1. The Hall–Kier alpha value is -2.46. The molecular weight excluding hydrogens is 348 g/mol. The van der Waals surface area contributed by atoms with Gasteiger partial charge in [-0.2, -0.15) is 0 Å². The molecule has 2 aromatic carbocycles. The number of aryl methyl sites for hydroxylation is 1. The highest BCUT2D eigenvalue weighted by atomic mass is 16.2. The van der Waals surface area contributed by atoms with Crippen molar-refractivity contribution in [1.29, 1.82) is 0 Å². The molecule has 1 atom stereocenters. The number of amides is 2. The van der Waals surface area contributed by atoms with E-state index in [0.717, 1.165) is 38.0 Å². The molecular formula is C24H28N2O2. The molecule has 0 saturated carbocycles. The topological polar surface area (TPSA) is 49.4 Å². The Labute approximate surface area is 166 Å². The number of rotatable bonds is 4. The highest BCUT2D eigenvalue weighted by Gasteiger charge is 2.50. The van der Waals surface area contributed by atoms with Crippen LogP contribution in [0.25, 0.3) is 0 Å². The van der Waals surface area contributed by atoms with E-state index in [1.54, 1.807) is 0 Å². The van der Waals surface area contributed by atoms with E-state index in [4.69, 9.17) is 0 Å². The predicted molar refractivity (Wildman–Crippen MR) is 110 cm³/mol. The van der Waals surface area contributed by atoms with Crippen molar-refractivity contribution in [2.75, 3.05) is 13.1 Å². The zero-order chi connectivity index (χ0) is 19.6. The maximum Gasteiger partial charge on any atom is 0.237 e. The van der Waals surface area contributed by atoms with Gasteiger partial charge in [0.1, 0.15) is 0 Å². The van der Waals surface area contributed by atoms with E-state index in [9.17, 15) is 9.59 Å². The Morgan fingerprint density at radius 1 is 1.00 bits per heavy atom. The van der Waals surface area contributed by atoms with Gasteiger partial charge in [0.05, 0.1) is 5.41 Å². The van der Waals surface area contributed by atoms with E-state index in [-0.39, 0.29) is 17.7 Å². The molecule has 0 bridgehead atoms. The number of imide groups is 1. The lowest BCUT2D eigenvalue weighted by Gasteiger charge is -2.45. The third-order valence-corrected chi connectivity index (χ3v) is 6.50. The SMILES string of the molecule is Cc1ccc(CN2CCC([C@@]3(c4ccccc4)CCC(=O)NC3=O)CC2)cc1. The van der Waals surface area contributed by atoms with Crippen LogP contribution in [-0.4, -0.2) is 29.8 Å². The van der Waals surface area contributed by atoms with Gasteiger partial charge in [-0.3, -0.25) is 19.8 Å². The zero-order valence-electron chi connectivity index (χ0n) is 16.5. The first-order valence-corrected chi connectivity index (χ1v) is 10.3. The molecule has 0 aliphatic carbocycles. The quantitative estimate of drug-likeness (QED) is 0.830. The molecule has 4 heteroatoms. The van der Waals surface area contributed by atoms with Gasteiger partial charge in [-0.05, 0) is 56.3 Å². The summed E-state index contributed by atoms with van der Waals surface area (Å²) < 4.78 is 0. The summed E-state index contributed by atoms with van der Waals surface area (Å²) in [6.07, 6.45) is 2.99. The van der Waals surface area contributed by atoms with Gasteiger partial charge in [0, 0.05) is 13.0 Å². The van der Waals surface area contributed by atoms with Crippen molar-refractivity contribution >= 4 is 11.8 Å². The zero-order valence-corrected chi connectivity index (χ0v) is 16.5. The fourth-order valence-corrected chi connectivity index (χ4v) is 4.90. The Bertz CT molecular complexity index is 839. The van der Waals surface area contributed by atoms with Crippen molar-refractivity contribution in [3.63, 3.8) is 0 Å². The largest absolute Gasteiger partial charge is 0.299 e. The molecule has 2 aliphatic heterocycles. The summed E-state index contributed by atoms with van der Waals surface area (Å²) in [5.74, 6) is 0.0116. The Morgan fingerprint density at radius 2 is 1.68 bits per heavy atom. The van der Waals surface area contributed by atoms with Crippen molar-refractivity contribution in [2.24, 2.45) is 5.92 Å². The molecule has 2 aliphatic rings. The average molecular weight is 377 g/mol.